The van der Waals surface area contributed by atoms with Gasteiger partial charge in [0.1, 0.15) is 23.0 Å². The van der Waals surface area contributed by atoms with Crippen molar-refractivity contribution in [3.63, 3.8) is 0 Å². The van der Waals surface area contributed by atoms with Crippen LogP contribution in [0.15, 0.2) is 35.6 Å². The Kier molecular flexibility index (Phi) is 7.10. The van der Waals surface area contributed by atoms with Crippen molar-refractivity contribution in [1.29, 1.82) is 5.41 Å². The van der Waals surface area contributed by atoms with Crippen molar-refractivity contribution >= 4 is 11.7 Å². The zero-order valence-corrected chi connectivity index (χ0v) is 17.6. The number of hydrogen-bond donors (Lipinski definition) is 3. The van der Waals surface area contributed by atoms with Crippen molar-refractivity contribution in [1.82, 2.24) is 14.7 Å². The molecular weight excluding hydrogens is 387 g/mol. The van der Waals surface area contributed by atoms with Crippen molar-refractivity contribution in [3.8, 4) is 0 Å². The molecule has 3 rings (SSSR count). The van der Waals surface area contributed by atoms with Gasteiger partial charge in [-0.15, -0.1) is 0 Å². The third kappa shape index (κ3) is 4.49. The number of amidine groups is 1. The van der Waals surface area contributed by atoms with Crippen LogP contribution in [-0.2, 0) is 11.3 Å². The van der Waals surface area contributed by atoms with Crippen LogP contribution in [0.3, 0.4) is 0 Å². The summed E-state index contributed by atoms with van der Waals surface area (Å²) in [6.45, 7) is 5.24. The lowest BCUT2D eigenvalue weighted by atomic mass is 9.99. The molecular formula is C22H31FN4O3. The van der Waals surface area contributed by atoms with Crippen LogP contribution < -0.4 is 0 Å². The predicted octanol–water partition coefficient (Wildman–Crippen LogP) is 2.82. The minimum atomic E-state index is -1.32. The molecule has 3 N–H and O–H groups in total. The molecule has 2 heterocycles. The van der Waals surface area contributed by atoms with E-state index < -0.39 is 12.3 Å². The number of hydrogen-bond acceptors (Lipinski definition) is 5. The van der Waals surface area contributed by atoms with E-state index in [1.54, 1.807) is 19.1 Å². The molecule has 2 saturated heterocycles. The van der Waals surface area contributed by atoms with E-state index in [2.05, 4.69) is 11.8 Å². The van der Waals surface area contributed by atoms with Crippen LogP contribution in [0.4, 0.5) is 4.39 Å². The van der Waals surface area contributed by atoms with E-state index in [-0.39, 0.29) is 42.6 Å². The Morgan fingerprint density at radius 3 is 2.53 bits per heavy atom. The van der Waals surface area contributed by atoms with Crippen LogP contribution in [0.1, 0.15) is 45.1 Å². The Bertz CT molecular complexity index is 811. The van der Waals surface area contributed by atoms with Gasteiger partial charge >= 0.3 is 0 Å². The van der Waals surface area contributed by atoms with Gasteiger partial charge in [-0.05, 0) is 50.4 Å². The van der Waals surface area contributed by atoms with Gasteiger partial charge in [-0.1, -0.05) is 25.5 Å². The van der Waals surface area contributed by atoms with Gasteiger partial charge in [-0.25, -0.2) is 4.39 Å². The molecule has 1 aromatic rings. The van der Waals surface area contributed by atoms with E-state index >= 15 is 0 Å². The van der Waals surface area contributed by atoms with E-state index in [9.17, 15) is 19.4 Å². The van der Waals surface area contributed by atoms with Crippen molar-refractivity contribution in [2.24, 2.45) is 0 Å². The Balaban J connectivity index is 1.89. The summed E-state index contributed by atoms with van der Waals surface area (Å²) in [4.78, 5) is 17.7. The van der Waals surface area contributed by atoms with Gasteiger partial charge in [0.15, 0.2) is 0 Å². The van der Waals surface area contributed by atoms with Gasteiger partial charge in [-0.2, -0.15) is 0 Å². The Labute approximate surface area is 176 Å². The lowest BCUT2D eigenvalue weighted by Crippen LogP contribution is -2.59. The minimum absolute atomic E-state index is 0.0790. The molecule has 7 nitrogen and oxygen atoms in total. The summed E-state index contributed by atoms with van der Waals surface area (Å²) in [7, 11) is 0. The number of rotatable bonds is 6. The highest BCUT2D eigenvalue weighted by Gasteiger charge is 2.41. The molecule has 2 aliphatic rings. The van der Waals surface area contributed by atoms with Gasteiger partial charge in [0, 0.05) is 19.1 Å². The fraction of sp³-hybridized carbons (Fsp3) is 0.545. The highest BCUT2D eigenvalue weighted by molar-refractivity contribution is 6.21. The number of nitrogens with zero attached hydrogens (tertiary/aromatic N) is 3. The third-order valence-corrected chi connectivity index (χ3v) is 6.02. The lowest BCUT2D eigenvalue weighted by Gasteiger charge is -2.43. The number of amides is 1. The van der Waals surface area contributed by atoms with Crippen LogP contribution >= 0.6 is 0 Å². The van der Waals surface area contributed by atoms with E-state index in [4.69, 9.17) is 5.41 Å². The van der Waals surface area contributed by atoms with Crippen molar-refractivity contribution < 1.29 is 19.4 Å². The van der Waals surface area contributed by atoms with E-state index in [1.165, 1.54) is 21.9 Å². The van der Waals surface area contributed by atoms with E-state index in [1.807, 2.05) is 0 Å². The summed E-state index contributed by atoms with van der Waals surface area (Å²) in [5, 5.41) is 30.2. The van der Waals surface area contributed by atoms with Gasteiger partial charge in [0.25, 0.3) is 5.91 Å². The largest absolute Gasteiger partial charge is 0.510 e. The smallest absolute Gasteiger partial charge is 0.264 e. The number of benzene rings is 1. The molecule has 1 aromatic carbocycles. The lowest BCUT2D eigenvalue weighted by molar-refractivity contribution is -0.151. The first kappa shape index (κ1) is 22.2. The zero-order chi connectivity index (χ0) is 21.8. The molecule has 1 amide bonds. The molecule has 1 unspecified atom stereocenters. The van der Waals surface area contributed by atoms with Crippen LogP contribution in [0, 0.1) is 11.2 Å². The molecule has 0 aliphatic carbocycles. The van der Waals surface area contributed by atoms with Gasteiger partial charge in [0.2, 0.25) is 6.35 Å². The molecule has 0 saturated carbocycles. The van der Waals surface area contributed by atoms with Gasteiger partial charge in [0.05, 0.1) is 6.54 Å². The molecule has 8 heteroatoms. The first-order valence-electron chi connectivity index (χ1n) is 10.6. The first-order chi connectivity index (χ1) is 14.4. The standard InChI is InChI=1S/C22H31FN4O3/c1-3-17-7-5-6-12-25(17)14-18(28)19-20(24)27(22(30)26(4-2)21(19)29)13-15-8-10-16(23)11-9-15/h8-11,17,22,24,28,30H,3-7,12-14H2,1-2H3/t17-,22?/m0/s1. The van der Waals surface area contributed by atoms with Crippen LogP contribution in [0.2, 0.25) is 0 Å². The molecule has 30 heavy (non-hydrogen) atoms. The van der Waals surface area contributed by atoms with Gasteiger partial charge < -0.3 is 15.1 Å². The van der Waals surface area contributed by atoms with Crippen LogP contribution in [-0.4, -0.2) is 68.7 Å². The van der Waals surface area contributed by atoms with Crippen molar-refractivity contribution in [2.75, 3.05) is 19.6 Å². The summed E-state index contributed by atoms with van der Waals surface area (Å²) in [5.74, 6) is -1.28. The number of aliphatic hydroxyl groups excluding tert-OH is 2. The molecule has 0 radical (unpaired) electrons. The SMILES string of the molecule is CC[C@H]1CCCCN1CC(O)=C1C(=N)N(Cc2ccc(F)cc2)C(O)N(CC)C1=O. The minimum Gasteiger partial charge on any atom is -0.510 e. The summed E-state index contributed by atoms with van der Waals surface area (Å²) in [6, 6.07) is 6.12. The van der Waals surface area contributed by atoms with E-state index in [0.717, 1.165) is 32.2 Å². The molecule has 2 atom stereocenters. The summed E-state index contributed by atoms with van der Waals surface area (Å²) < 4.78 is 13.2. The number of carbonyl (C=O) groups is 1. The van der Waals surface area contributed by atoms with Crippen molar-refractivity contribution in [3.05, 3.63) is 47.0 Å². The van der Waals surface area contributed by atoms with Crippen molar-refractivity contribution in [2.45, 2.75) is 58.5 Å². The zero-order valence-electron chi connectivity index (χ0n) is 17.6. The fourth-order valence-corrected chi connectivity index (χ4v) is 4.29. The highest BCUT2D eigenvalue weighted by Crippen LogP contribution is 2.26. The number of aliphatic hydroxyl groups is 2. The number of likely N-dealkylation sites (tertiary alicyclic amines) is 1. The molecule has 0 bridgehead atoms. The second-order valence-electron chi connectivity index (χ2n) is 7.89. The molecule has 0 spiro atoms. The molecule has 2 aliphatic heterocycles. The van der Waals surface area contributed by atoms with E-state index in [0.29, 0.717) is 11.6 Å². The first-order valence-corrected chi connectivity index (χ1v) is 10.6. The summed E-state index contributed by atoms with van der Waals surface area (Å²) >= 11 is 0. The van der Waals surface area contributed by atoms with Gasteiger partial charge in [-0.3, -0.25) is 20.0 Å². The maximum absolute atomic E-state index is 13.2. The fourth-order valence-electron chi connectivity index (χ4n) is 4.29. The number of carbonyl (C=O) groups excluding carboxylic acids is 1. The topological polar surface area (TPSA) is 91.1 Å². The second kappa shape index (κ2) is 9.57. The Morgan fingerprint density at radius 1 is 1.20 bits per heavy atom. The highest BCUT2D eigenvalue weighted by atomic mass is 19.1. The Morgan fingerprint density at radius 2 is 1.90 bits per heavy atom. The normalized spacial score (nSPS) is 25.1. The monoisotopic (exact) mass is 418 g/mol. The molecule has 0 aromatic heterocycles. The van der Waals surface area contributed by atoms with Crippen LogP contribution in [0.5, 0.6) is 0 Å². The quantitative estimate of drug-likeness (QED) is 0.488. The maximum Gasteiger partial charge on any atom is 0.264 e. The molecule has 164 valence electrons. The predicted molar refractivity (Wildman–Crippen MR) is 112 cm³/mol. The maximum atomic E-state index is 13.2. The second-order valence-corrected chi connectivity index (χ2v) is 7.89. The Hall–Kier alpha value is -2.45. The summed E-state index contributed by atoms with van der Waals surface area (Å²) in [6.07, 6.45) is 2.89. The number of nitrogens with one attached hydrogen (secondary N) is 1. The van der Waals surface area contributed by atoms with Crippen LogP contribution in [0.25, 0.3) is 0 Å². The average Bonchev–Trinajstić information content (AvgIpc) is 2.73. The third-order valence-electron chi connectivity index (χ3n) is 6.02. The number of likely N-dealkylation sites (N-methyl/N-ethyl adjacent to an activating group) is 1. The average molecular weight is 419 g/mol. The number of halogens is 1. The number of piperidine rings is 1. The summed E-state index contributed by atoms with van der Waals surface area (Å²) in [5.41, 5.74) is 0.608. The molecule has 2 fully saturated rings.